The molecule has 100 valence electrons. The van der Waals surface area contributed by atoms with Gasteiger partial charge in [-0.05, 0) is 30.5 Å². The molecule has 0 aromatic heterocycles. The number of hydrogen-bond donors (Lipinski definition) is 2. The fraction of sp³-hybridized carbons (Fsp3) is 0.500. The van der Waals surface area contributed by atoms with Gasteiger partial charge in [-0.2, -0.15) is 0 Å². The van der Waals surface area contributed by atoms with E-state index in [4.69, 9.17) is 0 Å². The minimum Gasteiger partial charge on any atom is -0.391 e. The number of aliphatic hydroxyl groups excluding tert-OH is 1. The molecule has 1 aromatic carbocycles. The van der Waals surface area contributed by atoms with E-state index < -0.39 is 12.0 Å². The monoisotopic (exact) mass is 253 g/mol. The van der Waals surface area contributed by atoms with E-state index in [1.54, 1.807) is 19.1 Å². The molecular weight excluding hydrogens is 233 g/mol. The van der Waals surface area contributed by atoms with Crippen molar-refractivity contribution in [3.05, 3.63) is 35.6 Å². The third kappa shape index (κ3) is 4.11. The van der Waals surface area contributed by atoms with Crippen molar-refractivity contribution in [2.75, 3.05) is 6.54 Å². The number of hydrogen-bond acceptors (Lipinski definition) is 2. The maximum Gasteiger partial charge on any atom is 0.227 e. The second-order valence-electron chi connectivity index (χ2n) is 4.83. The molecule has 2 atom stereocenters. The molecular formula is C14H20FNO2. The fourth-order valence-electron chi connectivity index (χ4n) is 1.52. The molecule has 4 heteroatoms. The van der Waals surface area contributed by atoms with E-state index in [2.05, 4.69) is 5.32 Å². The molecule has 0 heterocycles. The summed E-state index contributed by atoms with van der Waals surface area (Å²) in [6.07, 6.45) is -0.561. The molecule has 2 unspecified atom stereocenters. The minimum atomic E-state index is -0.561. The largest absolute Gasteiger partial charge is 0.391 e. The number of carbonyl (C=O) groups excluding carboxylic acids is 1. The van der Waals surface area contributed by atoms with Gasteiger partial charge in [0, 0.05) is 6.54 Å². The molecule has 0 aliphatic heterocycles. The van der Waals surface area contributed by atoms with Gasteiger partial charge in [0.15, 0.2) is 0 Å². The van der Waals surface area contributed by atoms with Crippen LogP contribution < -0.4 is 5.32 Å². The first-order valence-corrected chi connectivity index (χ1v) is 6.13. The Hall–Kier alpha value is -1.42. The molecule has 2 N–H and O–H groups in total. The zero-order valence-electron chi connectivity index (χ0n) is 11.0. The summed E-state index contributed by atoms with van der Waals surface area (Å²) < 4.78 is 13.0. The number of rotatable bonds is 5. The Bertz CT molecular complexity index is 407. The van der Waals surface area contributed by atoms with Crippen molar-refractivity contribution >= 4 is 5.91 Å². The lowest BCUT2D eigenvalue weighted by molar-refractivity contribution is -0.122. The van der Waals surface area contributed by atoms with Crippen molar-refractivity contribution in [3.63, 3.8) is 0 Å². The van der Waals surface area contributed by atoms with E-state index in [0.717, 1.165) is 0 Å². The van der Waals surface area contributed by atoms with Crippen LogP contribution in [-0.4, -0.2) is 23.7 Å². The molecule has 1 amide bonds. The van der Waals surface area contributed by atoms with Crippen molar-refractivity contribution in [3.8, 4) is 0 Å². The predicted octanol–water partition coefficient (Wildman–Crippen LogP) is 2.06. The SMILES string of the molecule is CC(C(=O)NCC(O)C(C)C)c1cccc(F)c1. The molecule has 0 saturated heterocycles. The van der Waals surface area contributed by atoms with Crippen LogP contribution in [0.25, 0.3) is 0 Å². The van der Waals surface area contributed by atoms with Crippen molar-refractivity contribution in [2.24, 2.45) is 5.92 Å². The molecule has 0 fully saturated rings. The standard InChI is InChI=1S/C14H20FNO2/c1-9(2)13(17)8-16-14(18)10(3)11-5-4-6-12(15)7-11/h4-7,9-10,13,17H,8H2,1-3H3,(H,16,18). The first kappa shape index (κ1) is 14.6. The van der Waals surface area contributed by atoms with Gasteiger partial charge in [-0.3, -0.25) is 4.79 Å². The predicted molar refractivity (Wildman–Crippen MR) is 68.7 cm³/mol. The Balaban J connectivity index is 2.57. The summed E-state index contributed by atoms with van der Waals surface area (Å²) in [5, 5.41) is 12.3. The van der Waals surface area contributed by atoms with Crippen LogP contribution in [0.2, 0.25) is 0 Å². The summed E-state index contributed by atoms with van der Waals surface area (Å²) in [6, 6.07) is 5.99. The van der Waals surface area contributed by atoms with Gasteiger partial charge in [-0.25, -0.2) is 4.39 Å². The summed E-state index contributed by atoms with van der Waals surface area (Å²) in [5.74, 6) is -0.899. The number of halogens is 1. The quantitative estimate of drug-likeness (QED) is 0.844. The highest BCUT2D eigenvalue weighted by Crippen LogP contribution is 2.16. The summed E-state index contributed by atoms with van der Waals surface area (Å²) in [5.41, 5.74) is 0.631. The van der Waals surface area contributed by atoms with Crippen LogP contribution >= 0.6 is 0 Å². The molecule has 0 aliphatic rings. The Morgan fingerprint density at radius 2 is 2.06 bits per heavy atom. The van der Waals surface area contributed by atoms with E-state index in [0.29, 0.717) is 5.56 Å². The Labute approximate surface area is 107 Å². The Morgan fingerprint density at radius 3 is 2.61 bits per heavy atom. The highest BCUT2D eigenvalue weighted by molar-refractivity contribution is 5.83. The molecule has 0 saturated carbocycles. The van der Waals surface area contributed by atoms with Crippen molar-refractivity contribution in [1.29, 1.82) is 0 Å². The van der Waals surface area contributed by atoms with Crippen LogP contribution in [0, 0.1) is 11.7 Å². The van der Waals surface area contributed by atoms with E-state index in [-0.39, 0.29) is 24.2 Å². The summed E-state index contributed by atoms with van der Waals surface area (Å²) >= 11 is 0. The van der Waals surface area contributed by atoms with Crippen molar-refractivity contribution in [1.82, 2.24) is 5.32 Å². The lowest BCUT2D eigenvalue weighted by Crippen LogP contribution is -2.36. The molecule has 18 heavy (non-hydrogen) atoms. The van der Waals surface area contributed by atoms with Gasteiger partial charge in [0.2, 0.25) is 5.91 Å². The summed E-state index contributed by atoms with van der Waals surface area (Å²) in [4.78, 5) is 11.8. The number of benzene rings is 1. The van der Waals surface area contributed by atoms with Crippen molar-refractivity contribution < 1.29 is 14.3 Å². The molecule has 1 aromatic rings. The molecule has 3 nitrogen and oxygen atoms in total. The zero-order valence-corrected chi connectivity index (χ0v) is 11.0. The lowest BCUT2D eigenvalue weighted by atomic mass is 10.00. The smallest absolute Gasteiger partial charge is 0.227 e. The lowest BCUT2D eigenvalue weighted by Gasteiger charge is -2.17. The van der Waals surface area contributed by atoms with Crippen LogP contribution in [-0.2, 0) is 4.79 Å². The first-order chi connectivity index (χ1) is 8.41. The van der Waals surface area contributed by atoms with Gasteiger partial charge < -0.3 is 10.4 Å². The van der Waals surface area contributed by atoms with Gasteiger partial charge in [-0.15, -0.1) is 0 Å². The second-order valence-corrected chi connectivity index (χ2v) is 4.83. The summed E-state index contributed by atoms with van der Waals surface area (Å²) in [6.45, 7) is 5.70. The molecule has 0 radical (unpaired) electrons. The van der Waals surface area contributed by atoms with Crippen molar-refractivity contribution in [2.45, 2.75) is 32.8 Å². The van der Waals surface area contributed by atoms with Crippen LogP contribution in [0.1, 0.15) is 32.3 Å². The first-order valence-electron chi connectivity index (χ1n) is 6.13. The van der Waals surface area contributed by atoms with Crippen LogP contribution in [0.5, 0.6) is 0 Å². The van der Waals surface area contributed by atoms with E-state index >= 15 is 0 Å². The average Bonchev–Trinajstić information content (AvgIpc) is 2.34. The van der Waals surface area contributed by atoms with Gasteiger partial charge in [-0.1, -0.05) is 26.0 Å². The molecule has 1 rings (SSSR count). The average molecular weight is 253 g/mol. The van der Waals surface area contributed by atoms with Gasteiger partial charge in [0.05, 0.1) is 12.0 Å². The van der Waals surface area contributed by atoms with Gasteiger partial charge in [0.1, 0.15) is 5.82 Å². The topological polar surface area (TPSA) is 49.3 Å². The number of nitrogens with one attached hydrogen (secondary N) is 1. The maximum absolute atomic E-state index is 13.0. The van der Waals surface area contributed by atoms with Crippen LogP contribution in [0.3, 0.4) is 0 Å². The highest BCUT2D eigenvalue weighted by atomic mass is 19.1. The minimum absolute atomic E-state index is 0.0924. The zero-order chi connectivity index (χ0) is 13.7. The second kappa shape index (κ2) is 6.50. The van der Waals surface area contributed by atoms with Gasteiger partial charge in [0.25, 0.3) is 0 Å². The summed E-state index contributed by atoms with van der Waals surface area (Å²) in [7, 11) is 0. The number of amides is 1. The third-order valence-electron chi connectivity index (χ3n) is 3.00. The molecule has 0 bridgehead atoms. The normalized spacial score (nSPS) is 14.3. The van der Waals surface area contributed by atoms with Gasteiger partial charge >= 0.3 is 0 Å². The Morgan fingerprint density at radius 1 is 1.39 bits per heavy atom. The van der Waals surface area contributed by atoms with E-state index in [1.807, 2.05) is 13.8 Å². The van der Waals surface area contributed by atoms with E-state index in [9.17, 15) is 14.3 Å². The fourth-order valence-corrected chi connectivity index (χ4v) is 1.52. The number of carbonyl (C=O) groups is 1. The highest BCUT2D eigenvalue weighted by Gasteiger charge is 2.17. The maximum atomic E-state index is 13.0. The Kier molecular flexibility index (Phi) is 5.28. The molecule has 0 aliphatic carbocycles. The van der Waals surface area contributed by atoms with E-state index in [1.165, 1.54) is 12.1 Å². The third-order valence-corrected chi connectivity index (χ3v) is 3.00. The van der Waals surface area contributed by atoms with Crippen LogP contribution in [0.15, 0.2) is 24.3 Å². The molecule has 0 spiro atoms. The number of aliphatic hydroxyl groups is 1. The van der Waals surface area contributed by atoms with Crippen LogP contribution in [0.4, 0.5) is 4.39 Å².